The molecule has 0 heterocycles. The van der Waals surface area contributed by atoms with Crippen LogP contribution in [0.1, 0.15) is 75.4 Å². The number of nitrogens with two attached hydrogens (primary N) is 1. The number of aliphatic hydroxyl groups excluding tert-OH is 2. The zero-order valence-corrected chi connectivity index (χ0v) is 26.5. The Morgan fingerprint density at radius 3 is 2.15 bits per heavy atom. The van der Waals surface area contributed by atoms with Crippen LogP contribution in [0.2, 0.25) is 0 Å². The quantitative estimate of drug-likeness (QED) is 0.300. The Morgan fingerprint density at radius 1 is 1.07 bits per heavy atom. The molecule has 2 aromatic rings. The standard InChI is InChI=1S/C34H40F3NO8/c1-14(2)18-11-19(16-7-9-17(10-8-16)46-34(35,36)37)25(39)21-20(18)12-31(5)13-32(6)23(15(3)4)27(41)22(30(38)44)28(42)33(32,45)29(43)24(31)26(21)40/h7-11,14-15,22-24,27,29,39,41,43,45H,12-13H2,1-6H3,(H2,38,44)/t22?,23-,24?,27?,29?,31+,32+,33-/m0/s1. The van der Waals surface area contributed by atoms with Gasteiger partial charge in [0.1, 0.15) is 23.5 Å². The second-order valence-corrected chi connectivity index (χ2v) is 14.4. The van der Waals surface area contributed by atoms with Gasteiger partial charge < -0.3 is 30.9 Å². The summed E-state index contributed by atoms with van der Waals surface area (Å²) in [6, 6.07) is 6.49. The average molecular weight is 648 g/mol. The van der Waals surface area contributed by atoms with Crippen LogP contribution in [0.4, 0.5) is 13.2 Å². The number of aromatic hydroxyl groups is 1. The maximum absolute atomic E-state index is 14.6. The fourth-order valence-electron chi connectivity index (χ4n) is 9.20. The number of ether oxygens (including phenoxy) is 1. The van der Waals surface area contributed by atoms with Gasteiger partial charge in [-0.1, -0.05) is 53.7 Å². The van der Waals surface area contributed by atoms with Crippen molar-refractivity contribution in [2.75, 3.05) is 0 Å². The van der Waals surface area contributed by atoms with Gasteiger partial charge in [-0.2, -0.15) is 0 Å². The number of primary amides is 1. The molecule has 5 rings (SSSR count). The Morgan fingerprint density at radius 2 is 1.65 bits per heavy atom. The number of ketones is 2. The third-order valence-electron chi connectivity index (χ3n) is 10.8. The molecule has 3 aliphatic rings. The molecule has 8 atom stereocenters. The molecule has 0 bridgehead atoms. The number of rotatable bonds is 5. The van der Waals surface area contributed by atoms with E-state index in [1.165, 1.54) is 12.1 Å². The van der Waals surface area contributed by atoms with Crippen molar-refractivity contribution in [3.05, 3.63) is 47.0 Å². The molecule has 2 fully saturated rings. The second-order valence-electron chi connectivity index (χ2n) is 14.4. The number of amides is 1. The first-order valence-corrected chi connectivity index (χ1v) is 15.3. The van der Waals surface area contributed by atoms with E-state index in [4.69, 9.17) is 5.73 Å². The first-order chi connectivity index (χ1) is 21.1. The highest BCUT2D eigenvalue weighted by Gasteiger charge is 2.76. The number of fused-ring (bicyclic) bond motifs is 3. The lowest BCUT2D eigenvalue weighted by atomic mass is 9.39. The number of hydrogen-bond donors (Lipinski definition) is 5. The number of benzene rings is 2. The molecule has 250 valence electrons. The van der Waals surface area contributed by atoms with Gasteiger partial charge in [-0.25, -0.2) is 0 Å². The van der Waals surface area contributed by atoms with E-state index in [1.54, 1.807) is 33.8 Å². The fourth-order valence-corrected chi connectivity index (χ4v) is 9.20. The van der Waals surface area contributed by atoms with Gasteiger partial charge in [-0.05, 0) is 70.9 Å². The van der Waals surface area contributed by atoms with Crippen LogP contribution < -0.4 is 10.5 Å². The minimum atomic E-state index is -4.90. The van der Waals surface area contributed by atoms with Crippen molar-refractivity contribution in [2.45, 2.75) is 84.5 Å². The largest absolute Gasteiger partial charge is 0.573 e. The summed E-state index contributed by atoms with van der Waals surface area (Å²) in [6.07, 6.45) is -8.27. The topological polar surface area (TPSA) is 167 Å². The molecule has 9 nitrogen and oxygen atoms in total. The molecule has 0 spiro atoms. The van der Waals surface area contributed by atoms with Crippen LogP contribution >= 0.6 is 0 Å². The van der Waals surface area contributed by atoms with Gasteiger partial charge in [0.2, 0.25) is 5.91 Å². The Balaban J connectivity index is 1.69. The van der Waals surface area contributed by atoms with E-state index >= 15 is 0 Å². The number of hydrogen-bond acceptors (Lipinski definition) is 8. The van der Waals surface area contributed by atoms with Crippen LogP contribution in [0.15, 0.2) is 30.3 Å². The smallest absolute Gasteiger partial charge is 0.507 e. The Bertz CT molecular complexity index is 1600. The molecule has 0 aromatic heterocycles. The number of carbonyl (C=O) groups is 3. The van der Waals surface area contributed by atoms with E-state index in [1.807, 2.05) is 13.8 Å². The van der Waals surface area contributed by atoms with Crippen LogP contribution in [-0.4, -0.2) is 62.1 Å². The van der Waals surface area contributed by atoms with Crippen molar-refractivity contribution in [1.82, 2.24) is 0 Å². The zero-order valence-electron chi connectivity index (χ0n) is 26.5. The van der Waals surface area contributed by atoms with Crippen LogP contribution in [0.5, 0.6) is 11.5 Å². The van der Waals surface area contributed by atoms with Crippen molar-refractivity contribution >= 4 is 17.5 Å². The van der Waals surface area contributed by atoms with Gasteiger partial charge >= 0.3 is 6.36 Å². The summed E-state index contributed by atoms with van der Waals surface area (Å²) in [7, 11) is 0. The molecule has 1 amide bonds. The number of alkyl halides is 3. The molecule has 4 unspecified atom stereocenters. The SMILES string of the molecule is CC(C)c1cc(-c2ccc(OC(F)(F)F)cc2)c(O)c2c1C[C@]1(C)C[C@]3(C)[C@@H](C(C)C)C(O)C(C(N)=O)C(=O)[C@]3(O)C(O)C1C2=O. The third kappa shape index (κ3) is 4.74. The summed E-state index contributed by atoms with van der Waals surface area (Å²) < 4.78 is 42.1. The highest BCUT2D eigenvalue weighted by Crippen LogP contribution is 2.66. The van der Waals surface area contributed by atoms with Crippen LogP contribution in [0.25, 0.3) is 11.1 Å². The number of aliphatic hydroxyl groups is 3. The summed E-state index contributed by atoms with van der Waals surface area (Å²) in [5.41, 5.74) is 1.92. The third-order valence-corrected chi connectivity index (χ3v) is 10.8. The Kier molecular flexibility index (Phi) is 7.94. The maximum Gasteiger partial charge on any atom is 0.573 e. The van der Waals surface area contributed by atoms with Gasteiger partial charge in [0, 0.05) is 11.0 Å². The van der Waals surface area contributed by atoms with E-state index in [0.29, 0.717) is 16.7 Å². The maximum atomic E-state index is 14.6. The summed E-state index contributed by atoms with van der Waals surface area (Å²) in [5, 5.41) is 47.2. The minimum absolute atomic E-state index is 0.0151. The van der Waals surface area contributed by atoms with Gasteiger partial charge in [-0.15, -0.1) is 13.2 Å². The Hall–Kier alpha value is -3.48. The predicted octanol–water partition coefficient (Wildman–Crippen LogP) is 4.26. The number of Topliss-reactive ketones (excluding diaryl/α,β-unsaturated/α-hetero) is 2. The molecule has 6 N–H and O–H groups in total. The van der Waals surface area contributed by atoms with Crippen molar-refractivity contribution in [3.63, 3.8) is 0 Å². The summed E-state index contributed by atoms with van der Waals surface area (Å²) >= 11 is 0. The molecule has 3 aliphatic carbocycles. The van der Waals surface area contributed by atoms with Gasteiger partial charge in [0.15, 0.2) is 17.2 Å². The normalized spacial score (nSPS) is 34.3. The molecule has 0 aliphatic heterocycles. The van der Waals surface area contributed by atoms with E-state index in [2.05, 4.69) is 4.74 Å². The average Bonchev–Trinajstić information content (AvgIpc) is 2.90. The lowest BCUT2D eigenvalue weighted by Crippen LogP contribution is -2.79. The summed E-state index contributed by atoms with van der Waals surface area (Å²) in [4.78, 5) is 40.9. The van der Waals surface area contributed by atoms with Crippen molar-refractivity contribution in [2.24, 2.45) is 40.2 Å². The zero-order chi connectivity index (χ0) is 34.5. The van der Waals surface area contributed by atoms with Gasteiger partial charge in [0.05, 0.1) is 17.6 Å². The van der Waals surface area contributed by atoms with Gasteiger partial charge in [0.25, 0.3) is 0 Å². The monoisotopic (exact) mass is 647 g/mol. The van der Waals surface area contributed by atoms with Crippen LogP contribution in [0.3, 0.4) is 0 Å². The highest BCUT2D eigenvalue weighted by molar-refractivity contribution is 6.10. The molecular formula is C34H40F3NO8. The molecular weight excluding hydrogens is 607 g/mol. The van der Waals surface area contributed by atoms with E-state index < -0.39 is 81.7 Å². The van der Waals surface area contributed by atoms with Crippen molar-refractivity contribution < 1.29 is 52.7 Å². The first-order valence-electron chi connectivity index (χ1n) is 15.3. The van der Waals surface area contributed by atoms with Crippen molar-refractivity contribution in [3.8, 4) is 22.6 Å². The Labute approximate surface area is 264 Å². The lowest BCUT2D eigenvalue weighted by Gasteiger charge is -2.66. The number of carbonyl (C=O) groups excluding carboxylic acids is 3. The lowest BCUT2D eigenvalue weighted by molar-refractivity contribution is -0.274. The van der Waals surface area contributed by atoms with Crippen LogP contribution in [-0.2, 0) is 16.0 Å². The number of phenolic OH excluding ortho intramolecular Hbond substituents is 1. The molecule has 2 saturated carbocycles. The van der Waals surface area contributed by atoms with Gasteiger partial charge in [-0.3, -0.25) is 14.4 Å². The fraction of sp³-hybridized carbons (Fsp3) is 0.559. The van der Waals surface area contributed by atoms with E-state index in [0.717, 1.165) is 12.1 Å². The molecule has 12 heteroatoms. The predicted molar refractivity (Wildman–Crippen MR) is 160 cm³/mol. The first kappa shape index (κ1) is 33.9. The van der Waals surface area contributed by atoms with E-state index in [-0.39, 0.29) is 35.8 Å². The minimum Gasteiger partial charge on any atom is -0.507 e. The number of halogens is 3. The molecule has 46 heavy (non-hydrogen) atoms. The second kappa shape index (κ2) is 10.8. The summed E-state index contributed by atoms with van der Waals surface area (Å²) in [5.74, 6) is -8.57. The van der Waals surface area contributed by atoms with Crippen molar-refractivity contribution in [1.29, 1.82) is 0 Å². The highest BCUT2D eigenvalue weighted by atomic mass is 19.4. The molecule has 0 radical (unpaired) electrons. The summed E-state index contributed by atoms with van der Waals surface area (Å²) in [6.45, 7) is 10.7. The molecule has 2 aromatic carbocycles. The molecule has 0 saturated heterocycles. The number of phenols is 1. The van der Waals surface area contributed by atoms with E-state index in [9.17, 15) is 48.0 Å². The van der Waals surface area contributed by atoms with Crippen LogP contribution in [0, 0.1) is 34.5 Å².